The second-order valence-electron chi connectivity index (χ2n) is 1.96. The minimum Gasteiger partial charge on any atom is -0.380 e. The van der Waals surface area contributed by atoms with Crippen LogP contribution in [0.2, 0.25) is 0 Å². The van der Waals surface area contributed by atoms with E-state index in [2.05, 4.69) is 22.8 Å². The highest BCUT2D eigenvalue weighted by Gasteiger charge is 1.95. The summed E-state index contributed by atoms with van der Waals surface area (Å²) in [6, 6.07) is 2.11. The van der Waals surface area contributed by atoms with Crippen LogP contribution >= 0.6 is 11.3 Å². The van der Waals surface area contributed by atoms with Crippen molar-refractivity contribution in [1.29, 1.82) is 0 Å². The number of hydrogen-bond acceptors (Lipinski definition) is 2. The predicted octanol–water partition coefficient (Wildman–Crippen LogP) is 2.82. The molecular formula is C8H11NS. The number of hydrogen-bond donors (Lipinski definition) is 1. The number of nitrogens with one attached hydrogen (secondary N) is 1. The van der Waals surface area contributed by atoms with E-state index in [1.165, 1.54) is 10.6 Å². The van der Waals surface area contributed by atoms with Crippen molar-refractivity contribution in [3.8, 4) is 0 Å². The van der Waals surface area contributed by atoms with Crippen molar-refractivity contribution in [1.82, 2.24) is 0 Å². The highest BCUT2D eigenvalue weighted by atomic mass is 32.1. The lowest BCUT2D eigenvalue weighted by atomic mass is 10.3. The van der Waals surface area contributed by atoms with Crippen molar-refractivity contribution in [2.45, 2.75) is 6.92 Å². The van der Waals surface area contributed by atoms with E-state index in [9.17, 15) is 0 Å². The molecule has 0 saturated carbocycles. The van der Waals surface area contributed by atoms with Crippen LogP contribution in [0.4, 0.5) is 5.00 Å². The summed E-state index contributed by atoms with van der Waals surface area (Å²) >= 11 is 1.73. The summed E-state index contributed by atoms with van der Waals surface area (Å²) in [5.41, 5.74) is 1.27. The van der Waals surface area contributed by atoms with Gasteiger partial charge in [0.15, 0.2) is 0 Å². The van der Waals surface area contributed by atoms with E-state index in [0.29, 0.717) is 0 Å². The van der Waals surface area contributed by atoms with Gasteiger partial charge in [-0.2, -0.15) is 0 Å². The molecule has 1 aromatic heterocycles. The molecule has 54 valence electrons. The molecule has 1 N–H and O–H groups in total. The van der Waals surface area contributed by atoms with Gasteiger partial charge >= 0.3 is 0 Å². The summed E-state index contributed by atoms with van der Waals surface area (Å²) in [5, 5.41) is 6.45. The van der Waals surface area contributed by atoms with Gasteiger partial charge in [0.2, 0.25) is 0 Å². The van der Waals surface area contributed by atoms with Crippen LogP contribution in [-0.2, 0) is 0 Å². The third-order valence-electron chi connectivity index (χ3n) is 1.27. The van der Waals surface area contributed by atoms with Gasteiger partial charge in [-0.3, -0.25) is 0 Å². The summed E-state index contributed by atoms with van der Waals surface area (Å²) in [6.45, 7) is 2.02. The first-order valence-corrected chi connectivity index (χ1v) is 4.14. The zero-order valence-electron chi connectivity index (χ0n) is 6.22. The van der Waals surface area contributed by atoms with Crippen molar-refractivity contribution < 1.29 is 0 Å². The maximum absolute atomic E-state index is 3.13. The molecule has 0 saturated heterocycles. The molecule has 0 bridgehead atoms. The molecule has 0 spiro atoms. The molecule has 0 radical (unpaired) electrons. The van der Waals surface area contributed by atoms with Crippen LogP contribution in [-0.4, -0.2) is 7.05 Å². The van der Waals surface area contributed by atoms with E-state index in [0.717, 1.165) is 0 Å². The Labute approximate surface area is 65.4 Å². The molecule has 0 amide bonds. The second-order valence-corrected chi connectivity index (χ2v) is 2.87. The molecule has 1 heterocycles. The largest absolute Gasteiger partial charge is 0.380 e. The van der Waals surface area contributed by atoms with Crippen LogP contribution in [0.15, 0.2) is 17.5 Å². The SMILES string of the molecule is C/C=C\c1ccsc1NC. The van der Waals surface area contributed by atoms with E-state index >= 15 is 0 Å². The summed E-state index contributed by atoms with van der Waals surface area (Å²) in [6.07, 6.45) is 4.14. The van der Waals surface area contributed by atoms with Crippen molar-refractivity contribution in [2.24, 2.45) is 0 Å². The molecule has 1 aromatic rings. The van der Waals surface area contributed by atoms with Crippen molar-refractivity contribution >= 4 is 22.4 Å². The zero-order chi connectivity index (χ0) is 7.40. The Bertz CT molecular complexity index is 225. The number of allylic oxidation sites excluding steroid dienone is 1. The van der Waals surface area contributed by atoms with Crippen molar-refractivity contribution in [3.05, 3.63) is 23.1 Å². The molecule has 1 nitrogen and oxygen atoms in total. The van der Waals surface area contributed by atoms with Gasteiger partial charge in [-0.15, -0.1) is 11.3 Å². The highest BCUT2D eigenvalue weighted by Crippen LogP contribution is 2.23. The van der Waals surface area contributed by atoms with Crippen LogP contribution < -0.4 is 5.32 Å². The Morgan fingerprint density at radius 3 is 3.00 bits per heavy atom. The predicted molar refractivity (Wildman–Crippen MR) is 48.6 cm³/mol. The molecule has 0 unspecified atom stereocenters. The molecule has 10 heavy (non-hydrogen) atoms. The van der Waals surface area contributed by atoms with Gasteiger partial charge in [0, 0.05) is 12.6 Å². The lowest BCUT2D eigenvalue weighted by molar-refractivity contribution is 1.58. The Balaban J connectivity index is 2.90. The van der Waals surface area contributed by atoms with Gasteiger partial charge in [-0.25, -0.2) is 0 Å². The minimum atomic E-state index is 1.23. The monoisotopic (exact) mass is 153 g/mol. The van der Waals surface area contributed by atoms with Crippen molar-refractivity contribution in [2.75, 3.05) is 12.4 Å². The average Bonchev–Trinajstić information content (AvgIpc) is 2.36. The van der Waals surface area contributed by atoms with Gasteiger partial charge in [0.1, 0.15) is 0 Å². The van der Waals surface area contributed by atoms with Crippen LogP contribution in [0.5, 0.6) is 0 Å². The molecule has 0 fully saturated rings. The quantitative estimate of drug-likeness (QED) is 0.689. The Morgan fingerprint density at radius 1 is 1.60 bits per heavy atom. The van der Waals surface area contributed by atoms with Crippen LogP contribution in [0.1, 0.15) is 12.5 Å². The lowest BCUT2D eigenvalue weighted by Crippen LogP contribution is -1.84. The molecule has 0 atom stereocenters. The number of rotatable bonds is 2. The molecule has 0 aliphatic heterocycles. The second kappa shape index (κ2) is 3.42. The molecule has 0 aliphatic carbocycles. The Kier molecular flexibility index (Phi) is 2.51. The molecular weight excluding hydrogens is 142 g/mol. The third kappa shape index (κ3) is 1.39. The van der Waals surface area contributed by atoms with Crippen LogP contribution in [0.3, 0.4) is 0 Å². The van der Waals surface area contributed by atoms with Gasteiger partial charge in [0.05, 0.1) is 5.00 Å². The molecule has 0 aromatic carbocycles. The minimum absolute atomic E-state index is 1.23. The first-order valence-electron chi connectivity index (χ1n) is 3.26. The van der Waals surface area contributed by atoms with Crippen LogP contribution in [0, 0.1) is 0 Å². The third-order valence-corrected chi connectivity index (χ3v) is 2.22. The Morgan fingerprint density at radius 2 is 2.40 bits per heavy atom. The normalized spacial score (nSPS) is 10.6. The molecule has 0 aliphatic rings. The summed E-state index contributed by atoms with van der Waals surface area (Å²) < 4.78 is 0. The summed E-state index contributed by atoms with van der Waals surface area (Å²) in [7, 11) is 1.94. The average molecular weight is 153 g/mol. The van der Waals surface area contributed by atoms with Gasteiger partial charge in [0.25, 0.3) is 0 Å². The standard InChI is InChI=1S/C8H11NS/c1-3-4-7-5-6-10-8(7)9-2/h3-6,9H,1-2H3/b4-3-. The van der Waals surface area contributed by atoms with E-state index in [1.54, 1.807) is 11.3 Å². The van der Waals surface area contributed by atoms with Gasteiger partial charge in [-0.05, 0) is 18.4 Å². The molecule has 2 heteroatoms. The first-order chi connectivity index (χ1) is 4.88. The smallest absolute Gasteiger partial charge is 0.0953 e. The maximum Gasteiger partial charge on any atom is 0.0953 e. The summed E-state index contributed by atoms with van der Waals surface area (Å²) in [5.74, 6) is 0. The highest BCUT2D eigenvalue weighted by molar-refractivity contribution is 7.14. The van der Waals surface area contributed by atoms with E-state index in [4.69, 9.17) is 0 Å². The molecule has 1 rings (SSSR count). The van der Waals surface area contributed by atoms with Crippen LogP contribution in [0.25, 0.3) is 6.08 Å². The fraction of sp³-hybridized carbons (Fsp3) is 0.250. The van der Waals surface area contributed by atoms with E-state index < -0.39 is 0 Å². The zero-order valence-corrected chi connectivity index (χ0v) is 7.03. The van der Waals surface area contributed by atoms with Gasteiger partial charge < -0.3 is 5.32 Å². The van der Waals surface area contributed by atoms with Gasteiger partial charge in [-0.1, -0.05) is 12.2 Å². The summed E-state index contributed by atoms with van der Waals surface area (Å²) in [4.78, 5) is 0. The number of thiophene rings is 1. The fourth-order valence-corrected chi connectivity index (χ4v) is 1.57. The fourth-order valence-electron chi connectivity index (χ4n) is 0.833. The maximum atomic E-state index is 3.13. The lowest BCUT2D eigenvalue weighted by Gasteiger charge is -1.94. The first kappa shape index (κ1) is 7.35. The number of anilines is 1. The Hall–Kier alpha value is -0.760. The van der Waals surface area contributed by atoms with Crippen molar-refractivity contribution in [3.63, 3.8) is 0 Å². The topological polar surface area (TPSA) is 12.0 Å². The van der Waals surface area contributed by atoms with E-state index in [1.807, 2.05) is 20.0 Å². The van der Waals surface area contributed by atoms with E-state index in [-0.39, 0.29) is 0 Å².